The Balaban J connectivity index is 1.65. The van der Waals surface area contributed by atoms with Gasteiger partial charge in [0.25, 0.3) is 5.78 Å². The quantitative estimate of drug-likeness (QED) is 0.466. The Morgan fingerprint density at radius 1 is 1.07 bits per heavy atom. The lowest BCUT2D eigenvalue weighted by atomic mass is 9.80. The van der Waals surface area contributed by atoms with Crippen molar-refractivity contribution in [3.8, 4) is 22.6 Å². The highest BCUT2D eigenvalue weighted by molar-refractivity contribution is 5.73. The third-order valence-electron chi connectivity index (χ3n) is 6.04. The summed E-state index contributed by atoms with van der Waals surface area (Å²) in [5.41, 5.74) is 8.34. The molecule has 1 aliphatic rings. The van der Waals surface area contributed by atoms with Gasteiger partial charge in [0.05, 0.1) is 5.69 Å². The van der Waals surface area contributed by atoms with Crippen LogP contribution < -0.4 is 5.32 Å². The topological polar surface area (TPSA) is 55.1 Å². The summed E-state index contributed by atoms with van der Waals surface area (Å²) in [6, 6.07) is 14.9. The summed E-state index contributed by atoms with van der Waals surface area (Å²) < 4.78 is 1.87. The lowest BCUT2D eigenvalue weighted by Crippen LogP contribution is -2.36. The predicted molar refractivity (Wildman–Crippen MR) is 122 cm³/mol. The molecule has 5 heteroatoms. The first kappa shape index (κ1) is 18.8. The van der Waals surface area contributed by atoms with Crippen molar-refractivity contribution in [2.75, 3.05) is 5.32 Å². The van der Waals surface area contributed by atoms with Gasteiger partial charge in [-0.3, -0.25) is 0 Å². The minimum absolute atomic E-state index is 0.110. The van der Waals surface area contributed by atoms with Gasteiger partial charge >= 0.3 is 0 Å². The van der Waals surface area contributed by atoms with Crippen molar-refractivity contribution in [3.05, 3.63) is 65.4 Å². The van der Waals surface area contributed by atoms with E-state index in [1.807, 2.05) is 16.8 Å². The molecule has 2 aromatic carbocycles. The van der Waals surface area contributed by atoms with Crippen LogP contribution in [0.3, 0.4) is 0 Å². The Morgan fingerprint density at radius 3 is 2.60 bits per heavy atom. The highest BCUT2D eigenvalue weighted by atomic mass is 15.3. The Bertz CT molecular complexity index is 1250. The number of rotatable bonds is 2. The van der Waals surface area contributed by atoms with Gasteiger partial charge in [-0.1, -0.05) is 36.8 Å². The van der Waals surface area contributed by atoms with Gasteiger partial charge in [-0.2, -0.15) is 9.50 Å². The van der Waals surface area contributed by atoms with Crippen LogP contribution in [-0.4, -0.2) is 25.1 Å². The number of nitrogens with one attached hydrogen (secondary N) is 1. The van der Waals surface area contributed by atoms with Crippen LogP contribution in [0.5, 0.6) is 0 Å². The van der Waals surface area contributed by atoms with Crippen molar-refractivity contribution in [3.63, 3.8) is 0 Å². The second-order valence-corrected chi connectivity index (χ2v) is 9.21. The molecule has 152 valence electrons. The Morgan fingerprint density at radius 2 is 1.83 bits per heavy atom. The molecule has 0 radical (unpaired) electrons. The van der Waals surface area contributed by atoms with Crippen LogP contribution in [0.15, 0.2) is 48.7 Å². The van der Waals surface area contributed by atoms with Gasteiger partial charge in [-0.25, -0.2) is 4.98 Å². The molecule has 2 aromatic heterocycles. The highest BCUT2D eigenvalue weighted by Gasteiger charge is 2.30. The zero-order valence-electron chi connectivity index (χ0n) is 18.2. The second kappa shape index (κ2) is 6.66. The van der Waals surface area contributed by atoms with Crippen LogP contribution in [0, 0.1) is 13.8 Å². The number of aromatic nitrogens is 4. The molecule has 1 atom stereocenters. The van der Waals surface area contributed by atoms with Crippen LogP contribution in [0.2, 0.25) is 0 Å². The third kappa shape index (κ3) is 3.15. The first-order chi connectivity index (χ1) is 14.3. The normalized spacial score (nSPS) is 17.6. The smallest absolute Gasteiger partial charge is 0.253 e. The standard InChI is InChI=1S/C25H27N5/c1-15-6-8-18(9-7-15)23-27-24-26-11-10-22(30(24)29-23)20-13-19-17(3)14-25(4,5)28-21(19)12-16(20)2/h6-13,17,28H,14H2,1-5H3/t17-/m1/s1. The van der Waals surface area contributed by atoms with E-state index in [1.165, 1.54) is 27.9 Å². The maximum Gasteiger partial charge on any atom is 0.253 e. The van der Waals surface area contributed by atoms with Crippen LogP contribution in [0.4, 0.5) is 5.69 Å². The van der Waals surface area contributed by atoms with Gasteiger partial charge in [0, 0.05) is 28.6 Å². The van der Waals surface area contributed by atoms with E-state index in [-0.39, 0.29) is 5.54 Å². The monoisotopic (exact) mass is 397 g/mol. The maximum absolute atomic E-state index is 4.81. The summed E-state index contributed by atoms with van der Waals surface area (Å²) in [6.45, 7) is 11.1. The zero-order chi connectivity index (χ0) is 21.0. The minimum Gasteiger partial charge on any atom is -0.380 e. The summed E-state index contributed by atoms with van der Waals surface area (Å²) >= 11 is 0. The van der Waals surface area contributed by atoms with E-state index in [1.54, 1.807) is 0 Å². The first-order valence-corrected chi connectivity index (χ1v) is 10.5. The molecule has 0 spiro atoms. The summed E-state index contributed by atoms with van der Waals surface area (Å²) in [4.78, 5) is 9.14. The summed E-state index contributed by atoms with van der Waals surface area (Å²) in [7, 11) is 0. The second-order valence-electron chi connectivity index (χ2n) is 9.21. The highest BCUT2D eigenvalue weighted by Crippen LogP contribution is 2.41. The summed E-state index contributed by atoms with van der Waals surface area (Å²) in [5.74, 6) is 1.81. The van der Waals surface area contributed by atoms with E-state index in [4.69, 9.17) is 5.10 Å². The molecular formula is C25H27N5. The van der Waals surface area contributed by atoms with Crippen molar-refractivity contribution in [1.29, 1.82) is 0 Å². The number of anilines is 1. The number of fused-ring (bicyclic) bond motifs is 2. The Hall–Kier alpha value is -3.21. The van der Waals surface area contributed by atoms with Crippen molar-refractivity contribution in [2.45, 2.75) is 52.5 Å². The van der Waals surface area contributed by atoms with Crippen molar-refractivity contribution >= 4 is 11.5 Å². The van der Waals surface area contributed by atoms with Crippen LogP contribution in [0.1, 0.15) is 49.8 Å². The largest absolute Gasteiger partial charge is 0.380 e. The van der Waals surface area contributed by atoms with Gasteiger partial charge < -0.3 is 5.32 Å². The number of hydrogen-bond acceptors (Lipinski definition) is 4. The van der Waals surface area contributed by atoms with E-state index in [0.717, 1.165) is 17.7 Å². The fourth-order valence-electron chi connectivity index (χ4n) is 4.63. The number of aryl methyl sites for hydroxylation is 2. The Labute approximate surface area is 177 Å². The molecule has 0 saturated heterocycles. The lowest BCUT2D eigenvalue weighted by molar-refractivity contribution is 0.454. The predicted octanol–water partition coefficient (Wildman–Crippen LogP) is 5.77. The molecule has 1 N–H and O–H groups in total. The molecular weight excluding hydrogens is 370 g/mol. The molecule has 30 heavy (non-hydrogen) atoms. The zero-order valence-corrected chi connectivity index (χ0v) is 18.2. The van der Waals surface area contributed by atoms with Gasteiger partial charge in [-0.15, -0.1) is 5.10 Å². The van der Waals surface area contributed by atoms with E-state index in [9.17, 15) is 0 Å². The molecule has 0 saturated carbocycles. The van der Waals surface area contributed by atoms with Gasteiger partial charge in [0.1, 0.15) is 0 Å². The number of benzene rings is 2. The van der Waals surface area contributed by atoms with Gasteiger partial charge in [0.2, 0.25) is 0 Å². The fourth-order valence-corrected chi connectivity index (χ4v) is 4.63. The van der Waals surface area contributed by atoms with Crippen LogP contribution in [0.25, 0.3) is 28.4 Å². The van der Waals surface area contributed by atoms with Crippen LogP contribution in [-0.2, 0) is 0 Å². The van der Waals surface area contributed by atoms with Gasteiger partial charge in [-0.05, 0) is 69.4 Å². The Kier molecular flexibility index (Phi) is 4.17. The van der Waals surface area contributed by atoms with Crippen molar-refractivity contribution in [1.82, 2.24) is 19.6 Å². The summed E-state index contributed by atoms with van der Waals surface area (Å²) in [6.07, 6.45) is 2.93. The molecule has 3 heterocycles. The molecule has 5 nitrogen and oxygen atoms in total. The van der Waals surface area contributed by atoms with E-state index >= 15 is 0 Å². The van der Waals surface area contributed by atoms with E-state index in [2.05, 4.69) is 86.3 Å². The van der Waals surface area contributed by atoms with Crippen molar-refractivity contribution in [2.24, 2.45) is 0 Å². The average Bonchev–Trinajstić information content (AvgIpc) is 3.11. The molecule has 0 fully saturated rings. The number of hydrogen-bond donors (Lipinski definition) is 1. The van der Waals surface area contributed by atoms with Crippen LogP contribution >= 0.6 is 0 Å². The average molecular weight is 398 g/mol. The molecule has 0 amide bonds. The van der Waals surface area contributed by atoms with E-state index in [0.29, 0.717) is 17.5 Å². The molecule has 1 aliphatic heterocycles. The van der Waals surface area contributed by atoms with E-state index < -0.39 is 0 Å². The minimum atomic E-state index is 0.110. The maximum atomic E-state index is 4.81. The molecule has 4 aromatic rings. The molecule has 0 bridgehead atoms. The SMILES string of the molecule is Cc1ccc(-c2nc3nccc(-c4cc5c(cc4C)NC(C)(C)C[C@H]5C)n3n2)cc1. The number of nitrogens with zero attached hydrogens (tertiary/aromatic N) is 4. The first-order valence-electron chi connectivity index (χ1n) is 10.5. The lowest BCUT2D eigenvalue weighted by Gasteiger charge is -2.38. The fraction of sp³-hybridized carbons (Fsp3) is 0.320. The molecule has 5 rings (SSSR count). The molecule has 0 unspecified atom stereocenters. The molecule has 0 aliphatic carbocycles. The van der Waals surface area contributed by atoms with Gasteiger partial charge in [0.15, 0.2) is 5.82 Å². The van der Waals surface area contributed by atoms with Crippen molar-refractivity contribution < 1.29 is 0 Å². The summed E-state index contributed by atoms with van der Waals surface area (Å²) in [5, 5.41) is 8.52. The third-order valence-corrected chi connectivity index (χ3v) is 6.04.